The Labute approximate surface area is 131 Å². The van der Waals surface area contributed by atoms with Gasteiger partial charge in [-0.2, -0.15) is 0 Å². The monoisotopic (exact) mass is 323 g/mol. The number of aryl methyl sites for hydroxylation is 1. The number of ether oxygens (including phenoxy) is 1. The van der Waals surface area contributed by atoms with E-state index in [-0.39, 0.29) is 6.61 Å². The largest absolute Gasteiger partial charge is 0.482 e. The number of oxime groups is 1. The van der Waals surface area contributed by atoms with E-state index in [0.29, 0.717) is 15.8 Å². The van der Waals surface area contributed by atoms with Gasteiger partial charge in [0.1, 0.15) is 5.75 Å². The van der Waals surface area contributed by atoms with Crippen LogP contribution < -0.4 is 4.74 Å². The fourth-order valence-electron chi connectivity index (χ4n) is 1.55. The lowest BCUT2D eigenvalue weighted by molar-refractivity contribution is -0.146. The summed E-state index contributed by atoms with van der Waals surface area (Å²) in [4.78, 5) is 17.3. The number of carbonyl (C=O) groups excluding carboxylic acids is 1. The maximum absolute atomic E-state index is 11.6. The number of benzene rings is 1. The summed E-state index contributed by atoms with van der Waals surface area (Å²) >= 11 is 7.21. The molecule has 2 aromatic rings. The second-order valence-electron chi connectivity index (χ2n) is 4.30. The van der Waals surface area contributed by atoms with Gasteiger partial charge in [-0.3, -0.25) is 0 Å². The number of nitrogens with zero attached hydrogens (tertiary/aromatic N) is 1. The number of halogens is 1. The van der Waals surface area contributed by atoms with Gasteiger partial charge in [-0.1, -0.05) is 35.0 Å². The molecule has 1 heterocycles. The van der Waals surface area contributed by atoms with Crippen LogP contribution >= 0.6 is 22.9 Å². The Morgan fingerprint density at radius 1 is 1.29 bits per heavy atom. The minimum absolute atomic E-state index is 0.188. The third kappa shape index (κ3) is 4.58. The molecule has 0 saturated carbocycles. The minimum Gasteiger partial charge on any atom is -0.482 e. The molecule has 0 N–H and O–H groups in total. The zero-order valence-electron chi connectivity index (χ0n) is 11.6. The van der Waals surface area contributed by atoms with Crippen LogP contribution in [0, 0.1) is 6.92 Å². The highest BCUT2D eigenvalue weighted by molar-refractivity contribution is 7.18. The Kier molecular flexibility index (Phi) is 5.36. The fourth-order valence-corrected chi connectivity index (χ4v) is 2.53. The van der Waals surface area contributed by atoms with E-state index in [1.54, 1.807) is 19.1 Å². The molecular weight excluding hydrogens is 310 g/mol. The predicted molar refractivity (Wildman–Crippen MR) is 84.3 cm³/mol. The van der Waals surface area contributed by atoms with Crippen molar-refractivity contribution in [2.75, 3.05) is 6.61 Å². The number of hydrogen-bond donors (Lipinski definition) is 0. The van der Waals surface area contributed by atoms with Gasteiger partial charge in [0, 0.05) is 0 Å². The van der Waals surface area contributed by atoms with Gasteiger partial charge in [-0.05, 0) is 37.6 Å². The third-order valence-electron chi connectivity index (χ3n) is 2.65. The summed E-state index contributed by atoms with van der Waals surface area (Å²) in [5, 5.41) is 3.78. The second kappa shape index (κ2) is 7.24. The van der Waals surface area contributed by atoms with E-state index in [2.05, 4.69) is 5.16 Å². The zero-order valence-corrected chi connectivity index (χ0v) is 13.2. The molecular formula is C15H14ClNO3S. The molecule has 0 fully saturated rings. The number of thiophene rings is 1. The van der Waals surface area contributed by atoms with Crippen molar-refractivity contribution in [1.29, 1.82) is 0 Å². The lowest BCUT2D eigenvalue weighted by atomic mass is 10.2. The average molecular weight is 324 g/mol. The minimum atomic E-state index is -0.555. The first kappa shape index (κ1) is 15.5. The van der Waals surface area contributed by atoms with Crippen molar-refractivity contribution in [3.05, 3.63) is 51.2 Å². The Morgan fingerprint density at radius 3 is 2.71 bits per heavy atom. The van der Waals surface area contributed by atoms with Crippen LogP contribution in [0.2, 0.25) is 4.34 Å². The van der Waals surface area contributed by atoms with E-state index in [9.17, 15) is 4.79 Å². The first-order valence-electron chi connectivity index (χ1n) is 6.25. The summed E-state index contributed by atoms with van der Waals surface area (Å²) in [6, 6.07) is 11.0. The summed E-state index contributed by atoms with van der Waals surface area (Å²) in [6.07, 6.45) is 0. The van der Waals surface area contributed by atoms with Crippen LogP contribution in [0.5, 0.6) is 5.75 Å². The van der Waals surface area contributed by atoms with Crippen molar-refractivity contribution >= 4 is 34.6 Å². The number of hydrogen-bond acceptors (Lipinski definition) is 5. The zero-order chi connectivity index (χ0) is 15.2. The quantitative estimate of drug-likeness (QED) is 0.473. The molecule has 6 heteroatoms. The van der Waals surface area contributed by atoms with Crippen LogP contribution in [-0.2, 0) is 9.63 Å². The topological polar surface area (TPSA) is 47.9 Å². The molecule has 0 saturated heterocycles. The van der Waals surface area contributed by atoms with Crippen molar-refractivity contribution in [1.82, 2.24) is 0 Å². The lowest BCUT2D eigenvalue weighted by Crippen LogP contribution is -2.13. The third-order valence-corrected chi connectivity index (χ3v) is 3.99. The van der Waals surface area contributed by atoms with Crippen LogP contribution in [-0.4, -0.2) is 18.3 Å². The van der Waals surface area contributed by atoms with Crippen molar-refractivity contribution in [3.63, 3.8) is 0 Å². The van der Waals surface area contributed by atoms with Crippen LogP contribution in [0.3, 0.4) is 0 Å². The van der Waals surface area contributed by atoms with Crippen LogP contribution in [0.1, 0.15) is 17.4 Å². The molecule has 0 unspecified atom stereocenters. The van der Waals surface area contributed by atoms with Crippen LogP contribution in [0.15, 0.2) is 41.6 Å². The summed E-state index contributed by atoms with van der Waals surface area (Å²) in [5.41, 5.74) is 1.55. The first-order chi connectivity index (χ1) is 10.1. The molecule has 0 spiro atoms. The highest BCUT2D eigenvalue weighted by atomic mass is 35.5. The lowest BCUT2D eigenvalue weighted by Gasteiger charge is -2.06. The van der Waals surface area contributed by atoms with Gasteiger partial charge in [-0.15, -0.1) is 11.3 Å². The van der Waals surface area contributed by atoms with Gasteiger partial charge in [0.25, 0.3) is 0 Å². The molecule has 110 valence electrons. The maximum atomic E-state index is 11.6. The van der Waals surface area contributed by atoms with Gasteiger partial charge in [0.2, 0.25) is 0 Å². The van der Waals surface area contributed by atoms with E-state index >= 15 is 0 Å². The van der Waals surface area contributed by atoms with Gasteiger partial charge in [-0.25, -0.2) is 4.79 Å². The number of para-hydroxylation sites is 1. The van der Waals surface area contributed by atoms with E-state index < -0.39 is 5.97 Å². The summed E-state index contributed by atoms with van der Waals surface area (Å²) in [7, 11) is 0. The molecule has 21 heavy (non-hydrogen) atoms. The normalized spacial score (nSPS) is 11.3. The molecule has 0 atom stereocenters. The maximum Gasteiger partial charge on any atom is 0.372 e. The summed E-state index contributed by atoms with van der Waals surface area (Å²) in [6.45, 7) is 3.47. The molecule has 0 aliphatic rings. The standard InChI is InChI=1S/C15H14ClNO3S/c1-10-5-3-4-6-12(10)19-9-15(18)20-17-11(2)13-7-8-14(16)21-13/h3-8H,9H2,1-2H3/b17-11-. The highest BCUT2D eigenvalue weighted by Crippen LogP contribution is 2.22. The highest BCUT2D eigenvalue weighted by Gasteiger charge is 2.07. The molecule has 1 aromatic carbocycles. The van der Waals surface area contributed by atoms with Crippen molar-refractivity contribution in [2.45, 2.75) is 13.8 Å². The van der Waals surface area contributed by atoms with Gasteiger partial charge < -0.3 is 9.57 Å². The van der Waals surface area contributed by atoms with Crippen molar-refractivity contribution in [3.8, 4) is 5.75 Å². The Bertz CT molecular complexity index is 666. The Balaban J connectivity index is 1.86. The molecule has 4 nitrogen and oxygen atoms in total. The summed E-state index contributed by atoms with van der Waals surface area (Å²) < 4.78 is 6.04. The van der Waals surface area contributed by atoms with E-state index in [4.69, 9.17) is 21.2 Å². The van der Waals surface area contributed by atoms with E-state index in [0.717, 1.165) is 10.4 Å². The van der Waals surface area contributed by atoms with Gasteiger partial charge in [0.15, 0.2) is 6.61 Å². The molecule has 0 amide bonds. The Hall–Kier alpha value is -1.85. The fraction of sp³-hybridized carbons (Fsp3) is 0.200. The Morgan fingerprint density at radius 2 is 2.05 bits per heavy atom. The smallest absolute Gasteiger partial charge is 0.372 e. The van der Waals surface area contributed by atoms with E-state index in [1.807, 2.05) is 31.2 Å². The number of rotatable bonds is 5. The summed E-state index contributed by atoms with van der Waals surface area (Å²) in [5.74, 6) is 0.0976. The van der Waals surface area contributed by atoms with Gasteiger partial charge in [0.05, 0.1) is 14.9 Å². The van der Waals surface area contributed by atoms with Gasteiger partial charge >= 0.3 is 5.97 Å². The average Bonchev–Trinajstić information content (AvgIpc) is 2.90. The molecule has 2 rings (SSSR count). The molecule has 0 aliphatic carbocycles. The first-order valence-corrected chi connectivity index (χ1v) is 7.44. The van der Waals surface area contributed by atoms with Crippen LogP contribution in [0.25, 0.3) is 0 Å². The second-order valence-corrected chi connectivity index (χ2v) is 6.01. The molecule has 0 aliphatic heterocycles. The molecule has 0 bridgehead atoms. The van der Waals surface area contributed by atoms with E-state index in [1.165, 1.54) is 11.3 Å². The molecule has 0 radical (unpaired) electrons. The molecule has 1 aromatic heterocycles. The van der Waals surface area contributed by atoms with Crippen LogP contribution in [0.4, 0.5) is 0 Å². The van der Waals surface area contributed by atoms with Crippen molar-refractivity contribution < 1.29 is 14.4 Å². The number of carbonyl (C=O) groups is 1. The van der Waals surface area contributed by atoms with Crippen molar-refractivity contribution in [2.24, 2.45) is 5.16 Å². The SMILES string of the molecule is C/C(=N/OC(=O)COc1ccccc1C)c1ccc(Cl)s1. The predicted octanol–water partition coefficient (Wildman–Crippen LogP) is 4.06.